The molecular formula is C29H46N2O5. The maximum Gasteiger partial charge on any atom is 0.410 e. The van der Waals surface area contributed by atoms with Gasteiger partial charge in [-0.25, -0.2) is 9.59 Å². The first-order valence-corrected chi connectivity index (χ1v) is 12.5. The Morgan fingerprint density at radius 3 is 2.22 bits per heavy atom. The van der Waals surface area contributed by atoms with Crippen molar-refractivity contribution in [1.29, 1.82) is 0 Å². The molecule has 0 unspecified atom stereocenters. The van der Waals surface area contributed by atoms with Crippen molar-refractivity contribution in [2.24, 2.45) is 5.92 Å². The Kier molecular flexibility index (Phi) is 15.9. The summed E-state index contributed by atoms with van der Waals surface area (Å²) in [6, 6.07) is 8.84. The fraction of sp³-hybridized carbons (Fsp3) is 0.517. The maximum absolute atomic E-state index is 12.8. The zero-order chi connectivity index (χ0) is 27.7. The molecule has 202 valence electrons. The third-order valence-corrected chi connectivity index (χ3v) is 4.67. The number of nitrogens with one attached hydrogen (secondary N) is 1. The summed E-state index contributed by atoms with van der Waals surface area (Å²) in [6.07, 6.45) is 3.03. The van der Waals surface area contributed by atoms with E-state index in [1.807, 2.05) is 58.0 Å². The second-order valence-corrected chi connectivity index (χ2v) is 9.54. The van der Waals surface area contributed by atoms with Crippen molar-refractivity contribution in [3.8, 4) is 0 Å². The van der Waals surface area contributed by atoms with Crippen LogP contribution in [0.5, 0.6) is 0 Å². The normalized spacial score (nSPS) is 13.0. The molecule has 2 N–H and O–H groups in total. The van der Waals surface area contributed by atoms with Gasteiger partial charge in [-0.05, 0) is 44.2 Å². The van der Waals surface area contributed by atoms with Crippen molar-refractivity contribution >= 4 is 12.2 Å². The summed E-state index contributed by atoms with van der Waals surface area (Å²) in [5.41, 5.74) is 0.967. The monoisotopic (exact) mass is 502 g/mol. The predicted molar refractivity (Wildman–Crippen MR) is 147 cm³/mol. The molecule has 0 heterocycles. The Morgan fingerprint density at radius 1 is 1.11 bits per heavy atom. The standard InChI is InChI=1S/C27H40N2O5.C2H6/c1-8-13-21(9-2)19-33-26(32)29(17-20(3)4)18-24(30)23(16-22-14-11-10-12-15-22)28-25(31)34-27(5,6)7;1-2/h8-15,20,23-24,30H,1-2,16-19H2,3-7H3,(H,28,31);1-2H3/b21-13+;/t23-,24+;/m0./s1. The van der Waals surface area contributed by atoms with E-state index in [1.165, 1.54) is 4.90 Å². The average Bonchev–Trinajstić information content (AvgIpc) is 2.81. The van der Waals surface area contributed by atoms with Gasteiger partial charge < -0.3 is 24.8 Å². The number of benzene rings is 1. The van der Waals surface area contributed by atoms with Gasteiger partial charge in [0.05, 0.1) is 18.7 Å². The molecule has 0 aromatic heterocycles. The number of nitrogens with zero attached hydrogens (tertiary/aromatic N) is 1. The van der Waals surface area contributed by atoms with Crippen LogP contribution in [0.2, 0.25) is 0 Å². The number of carbonyl (C=O) groups is 2. The van der Waals surface area contributed by atoms with Gasteiger partial charge in [0.25, 0.3) is 0 Å². The molecule has 1 aromatic carbocycles. The summed E-state index contributed by atoms with van der Waals surface area (Å²) in [6.45, 7) is 21.0. The van der Waals surface area contributed by atoms with E-state index in [-0.39, 0.29) is 19.1 Å². The Morgan fingerprint density at radius 2 is 1.72 bits per heavy atom. The van der Waals surface area contributed by atoms with Crippen molar-refractivity contribution in [3.63, 3.8) is 0 Å². The van der Waals surface area contributed by atoms with E-state index in [0.717, 1.165) is 5.56 Å². The topological polar surface area (TPSA) is 88.1 Å². The van der Waals surface area contributed by atoms with E-state index in [1.54, 1.807) is 39.0 Å². The van der Waals surface area contributed by atoms with Crippen molar-refractivity contribution in [1.82, 2.24) is 10.2 Å². The van der Waals surface area contributed by atoms with E-state index < -0.39 is 29.9 Å². The lowest BCUT2D eigenvalue weighted by molar-refractivity contribution is 0.0340. The second kappa shape index (κ2) is 17.4. The van der Waals surface area contributed by atoms with E-state index in [4.69, 9.17) is 9.47 Å². The van der Waals surface area contributed by atoms with Crippen LogP contribution < -0.4 is 5.32 Å². The Balaban J connectivity index is 0.00000596. The molecule has 2 amide bonds. The molecule has 1 aromatic rings. The number of ether oxygens (including phenoxy) is 2. The zero-order valence-corrected chi connectivity index (χ0v) is 23.1. The van der Waals surface area contributed by atoms with Gasteiger partial charge in [-0.3, -0.25) is 0 Å². The first-order chi connectivity index (χ1) is 16.9. The fourth-order valence-electron chi connectivity index (χ4n) is 3.19. The SMILES string of the molecule is C=C/C=C(\C=C)COC(=O)N(CC(C)C)C[C@@H](O)[C@H](Cc1ccccc1)NC(=O)OC(C)(C)C.CC. The molecule has 0 aliphatic rings. The molecule has 0 saturated carbocycles. The number of aliphatic hydroxyl groups is 1. The average molecular weight is 503 g/mol. The highest BCUT2D eigenvalue weighted by atomic mass is 16.6. The lowest BCUT2D eigenvalue weighted by Gasteiger charge is -2.31. The van der Waals surface area contributed by atoms with Crippen molar-refractivity contribution in [2.75, 3.05) is 19.7 Å². The van der Waals surface area contributed by atoms with Gasteiger partial charge in [0.1, 0.15) is 12.2 Å². The van der Waals surface area contributed by atoms with Gasteiger partial charge in [-0.1, -0.05) is 89.4 Å². The first kappa shape index (κ1) is 32.9. The molecule has 0 fully saturated rings. The Bertz CT molecular complexity index is 828. The van der Waals surface area contributed by atoms with E-state index in [2.05, 4.69) is 18.5 Å². The molecule has 36 heavy (non-hydrogen) atoms. The molecule has 0 spiro atoms. The first-order valence-electron chi connectivity index (χ1n) is 12.5. The molecule has 0 aliphatic carbocycles. The van der Waals surface area contributed by atoms with Gasteiger partial charge in [0, 0.05) is 6.54 Å². The van der Waals surface area contributed by atoms with Gasteiger partial charge >= 0.3 is 12.2 Å². The van der Waals surface area contributed by atoms with Crippen LogP contribution in [0.25, 0.3) is 0 Å². The predicted octanol–water partition coefficient (Wildman–Crippen LogP) is 5.90. The molecule has 2 atom stereocenters. The second-order valence-electron chi connectivity index (χ2n) is 9.54. The van der Waals surface area contributed by atoms with E-state index in [9.17, 15) is 14.7 Å². The van der Waals surface area contributed by atoms with Gasteiger partial charge in [0.2, 0.25) is 0 Å². The molecule has 7 nitrogen and oxygen atoms in total. The molecule has 0 radical (unpaired) electrons. The van der Waals surface area contributed by atoms with Crippen LogP contribution in [0.1, 0.15) is 54.0 Å². The summed E-state index contributed by atoms with van der Waals surface area (Å²) in [5, 5.41) is 13.9. The largest absolute Gasteiger partial charge is 0.445 e. The van der Waals surface area contributed by atoms with Crippen molar-refractivity contribution in [2.45, 2.75) is 72.6 Å². The third-order valence-electron chi connectivity index (χ3n) is 4.67. The molecule has 7 heteroatoms. The third kappa shape index (κ3) is 14.4. The minimum atomic E-state index is -1.05. The summed E-state index contributed by atoms with van der Waals surface area (Å²) in [4.78, 5) is 26.7. The van der Waals surface area contributed by atoms with E-state index >= 15 is 0 Å². The lowest BCUT2D eigenvalue weighted by Crippen LogP contribution is -2.52. The van der Waals surface area contributed by atoms with Crippen LogP contribution in [0, 0.1) is 5.92 Å². The molecule has 0 bridgehead atoms. The minimum absolute atomic E-state index is 0.0150. The van der Waals surface area contributed by atoms with Crippen LogP contribution in [0.4, 0.5) is 9.59 Å². The van der Waals surface area contributed by atoms with Crippen molar-refractivity contribution < 1.29 is 24.2 Å². The number of carbonyl (C=O) groups excluding carboxylic acids is 2. The fourth-order valence-corrected chi connectivity index (χ4v) is 3.19. The highest BCUT2D eigenvalue weighted by molar-refractivity contribution is 5.69. The minimum Gasteiger partial charge on any atom is -0.445 e. The van der Waals surface area contributed by atoms with E-state index in [0.29, 0.717) is 18.5 Å². The van der Waals surface area contributed by atoms with Gasteiger partial charge in [-0.2, -0.15) is 0 Å². The highest BCUT2D eigenvalue weighted by Crippen LogP contribution is 2.13. The number of aliphatic hydroxyl groups excluding tert-OH is 1. The highest BCUT2D eigenvalue weighted by Gasteiger charge is 2.29. The van der Waals surface area contributed by atoms with Crippen LogP contribution >= 0.6 is 0 Å². The number of amides is 2. The number of hydrogen-bond donors (Lipinski definition) is 2. The Hall–Kier alpha value is -3.06. The van der Waals surface area contributed by atoms with Crippen molar-refractivity contribution in [3.05, 3.63) is 72.9 Å². The molecular weight excluding hydrogens is 456 g/mol. The molecule has 0 saturated heterocycles. The van der Waals surface area contributed by atoms with Gasteiger partial charge in [0.15, 0.2) is 0 Å². The van der Waals surface area contributed by atoms with Crippen LogP contribution in [0.3, 0.4) is 0 Å². The number of rotatable bonds is 12. The van der Waals surface area contributed by atoms with Crippen LogP contribution in [-0.2, 0) is 15.9 Å². The smallest absolute Gasteiger partial charge is 0.410 e. The lowest BCUT2D eigenvalue weighted by atomic mass is 10.0. The number of allylic oxidation sites excluding steroid dienone is 2. The molecule has 0 aliphatic heterocycles. The van der Waals surface area contributed by atoms with Crippen LogP contribution in [0.15, 0.2) is 67.3 Å². The summed E-state index contributed by atoms with van der Waals surface area (Å²) in [5.74, 6) is 0.147. The number of alkyl carbamates (subject to hydrolysis) is 1. The molecule has 1 rings (SSSR count). The Labute approximate surface area is 217 Å². The zero-order valence-electron chi connectivity index (χ0n) is 23.1. The quantitative estimate of drug-likeness (QED) is 0.347. The maximum atomic E-state index is 12.8. The van der Waals surface area contributed by atoms with Crippen LogP contribution in [-0.4, -0.2) is 59.6 Å². The summed E-state index contributed by atoms with van der Waals surface area (Å²) in [7, 11) is 0. The summed E-state index contributed by atoms with van der Waals surface area (Å²) >= 11 is 0. The van der Waals surface area contributed by atoms with Gasteiger partial charge in [-0.15, -0.1) is 0 Å². The number of hydrogen-bond acceptors (Lipinski definition) is 5. The summed E-state index contributed by atoms with van der Waals surface area (Å²) < 4.78 is 10.8.